The normalized spacial score (nSPS) is 28.8. The molecule has 20 heavy (non-hydrogen) atoms. The van der Waals surface area contributed by atoms with Crippen LogP contribution >= 0.6 is 23.8 Å². The molecular weight excluding hydrogens is 292 g/mol. The molecule has 1 heterocycles. The van der Waals surface area contributed by atoms with E-state index >= 15 is 0 Å². The van der Waals surface area contributed by atoms with E-state index in [1.807, 2.05) is 24.3 Å². The number of anilines is 1. The lowest BCUT2D eigenvalue weighted by atomic mass is 9.83. The third-order valence-corrected chi connectivity index (χ3v) is 4.55. The van der Waals surface area contributed by atoms with E-state index in [9.17, 15) is 0 Å². The van der Waals surface area contributed by atoms with Crippen molar-refractivity contribution in [3.63, 3.8) is 0 Å². The zero-order valence-corrected chi connectivity index (χ0v) is 12.7. The Morgan fingerprint density at radius 3 is 2.85 bits per heavy atom. The summed E-state index contributed by atoms with van der Waals surface area (Å²) in [5.74, 6) is 0.769. The molecular formula is C14H19ClN4S. The maximum Gasteiger partial charge on any atom is 0.170 e. The lowest BCUT2D eigenvalue weighted by molar-refractivity contribution is 0.290. The second-order valence-corrected chi connectivity index (χ2v) is 6.35. The number of thiocarbonyl (C=S) groups is 1. The van der Waals surface area contributed by atoms with Gasteiger partial charge in [-0.1, -0.05) is 11.6 Å². The molecule has 1 aromatic carbocycles. The van der Waals surface area contributed by atoms with Crippen molar-refractivity contribution in [2.24, 2.45) is 5.92 Å². The fourth-order valence-corrected chi connectivity index (χ4v) is 3.40. The fraction of sp³-hybridized carbons (Fsp3) is 0.500. The Hall–Kier alpha value is -0.880. The molecule has 2 fully saturated rings. The van der Waals surface area contributed by atoms with Gasteiger partial charge >= 0.3 is 0 Å². The molecule has 1 aromatic rings. The molecule has 0 amide bonds. The maximum absolute atomic E-state index is 5.87. The van der Waals surface area contributed by atoms with Gasteiger partial charge < -0.3 is 10.6 Å². The van der Waals surface area contributed by atoms with Crippen LogP contribution in [0.15, 0.2) is 24.3 Å². The van der Waals surface area contributed by atoms with Crippen LogP contribution in [0.1, 0.15) is 19.3 Å². The van der Waals surface area contributed by atoms with E-state index in [-0.39, 0.29) is 0 Å². The highest BCUT2D eigenvalue weighted by Crippen LogP contribution is 2.26. The van der Waals surface area contributed by atoms with Crippen molar-refractivity contribution in [2.75, 3.05) is 11.9 Å². The van der Waals surface area contributed by atoms with E-state index in [2.05, 4.69) is 21.5 Å². The van der Waals surface area contributed by atoms with Gasteiger partial charge in [-0.05, 0) is 61.7 Å². The zero-order valence-electron chi connectivity index (χ0n) is 11.2. The summed E-state index contributed by atoms with van der Waals surface area (Å²) >= 11 is 11.2. The summed E-state index contributed by atoms with van der Waals surface area (Å²) in [6.45, 7) is 1.09. The number of hydrazine groups is 1. The fourth-order valence-electron chi connectivity index (χ4n) is 2.99. The second kappa shape index (κ2) is 6.26. The highest BCUT2D eigenvalue weighted by atomic mass is 35.5. The molecule has 4 N–H and O–H groups in total. The molecule has 1 aliphatic heterocycles. The van der Waals surface area contributed by atoms with Gasteiger partial charge in [0, 0.05) is 29.3 Å². The largest absolute Gasteiger partial charge is 0.360 e. The predicted molar refractivity (Wildman–Crippen MR) is 86.9 cm³/mol. The third kappa shape index (κ3) is 3.41. The number of halogens is 1. The number of hydrogen-bond donors (Lipinski definition) is 4. The van der Waals surface area contributed by atoms with E-state index in [0.29, 0.717) is 17.2 Å². The molecule has 1 saturated heterocycles. The van der Waals surface area contributed by atoms with Crippen molar-refractivity contribution in [1.29, 1.82) is 0 Å². The van der Waals surface area contributed by atoms with Crippen molar-refractivity contribution in [1.82, 2.24) is 16.2 Å². The van der Waals surface area contributed by atoms with Crippen molar-refractivity contribution in [3.05, 3.63) is 29.3 Å². The van der Waals surface area contributed by atoms with Crippen LogP contribution in [-0.4, -0.2) is 23.7 Å². The Morgan fingerprint density at radius 2 is 2.05 bits per heavy atom. The third-order valence-electron chi connectivity index (χ3n) is 4.08. The van der Waals surface area contributed by atoms with E-state index in [1.54, 1.807) is 0 Å². The molecule has 6 heteroatoms. The van der Waals surface area contributed by atoms with Gasteiger partial charge in [0.1, 0.15) is 0 Å². The molecule has 3 unspecified atom stereocenters. The standard InChI is InChI=1S/C14H19ClN4S/c15-10-2-5-11(6-3-10)17-14(20)18-12-4-1-9-8-16-19-13(9)7-12/h2-3,5-6,9,12-13,16,19H,1,4,7-8H2,(H2,17,18,20). The van der Waals surface area contributed by atoms with Gasteiger partial charge in [-0.2, -0.15) is 0 Å². The average Bonchev–Trinajstić information content (AvgIpc) is 2.89. The smallest absolute Gasteiger partial charge is 0.170 e. The molecule has 0 radical (unpaired) electrons. The summed E-state index contributed by atoms with van der Waals surface area (Å²) in [5.41, 5.74) is 7.55. The second-order valence-electron chi connectivity index (χ2n) is 5.51. The molecule has 4 nitrogen and oxygen atoms in total. The number of fused-ring (bicyclic) bond motifs is 1. The van der Waals surface area contributed by atoms with Gasteiger partial charge in [0.05, 0.1) is 0 Å². The molecule has 0 spiro atoms. The lowest BCUT2D eigenvalue weighted by Crippen LogP contribution is -2.46. The first kappa shape index (κ1) is 14.1. The van der Waals surface area contributed by atoms with E-state index in [0.717, 1.165) is 29.6 Å². The summed E-state index contributed by atoms with van der Waals surface area (Å²) in [6.07, 6.45) is 3.53. The summed E-state index contributed by atoms with van der Waals surface area (Å²) < 4.78 is 0. The molecule has 3 atom stereocenters. The first-order chi connectivity index (χ1) is 9.70. The molecule has 0 aromatic heterocycles. The summed E-state index contributed by atoms with van der Waals surface area (Å²) in [6, 6.07) is 8.57. The summed E-state index contributed by atoms with van der Waals surface area (Å²) in [7, 11) is 0. The highest BCUT2D eigenvalue weighted by Gasteiger charge is 2.33. The van der Waals surface area contributed by atoms with Crippen LogP contribution in [0.4, 0.5) is 5.69 Å². The van der Waals surface area contributed by atoms with Crippen LogP contribution in [0.25, 0.3) is 0 Å². The van der Waals surface area contributed by atoms with Crippen LogP contribution in [-0.2, 0) is 0 Å². The molecule has 2 aliphatic rings. The van der Waals surface area contributed by atoms with Crippen molar-refractivity contribution in [2.45, 2.75) is 31.3 Å². The molecule has 1 saturated carbocycles. The number of benzene rings is 1. The lowest BCUT2D eigenvalue weighted by Gasteiger charge is -2.32. The Bertz CT molecular complexity index is 479. The van der Waals surface area contributed by atoms with Gasteiger partial charge in [-0.25, -0.2) is 0 Å². The van der Waals surface area contributed by atoms with Crippen LogP contribution < -0.4 is 21.5 Å². The SMILES string of the molecule is S=C(Nc1ccc(Cl)cc1)NC1CCC2CNNC2C1. The molecule has 1 aliphatic carbocycles. The quantitative estimate of drug-likeness (QED) is 0.631. The molecule has 108 valence electrons. The van der Waals surface area contributed by atoms with Gasteiger partial charge in [0.2, 0.25) is 0 Å². The van der Waals surface area contributed by atoms with Crippen molar-refractivity contribution >= 4 is 34.6 Å². The minimum absolute atomic E-state index is 0.441. The first-order valence-electron chi connectivity index (χ1n) is 7.02. The van der Waals surface area contributed by atoms with Gasteiger partial charge in [-0.3, -0.25) is 10.9 Å². The number of hydrogen-bond acceptors (Lipinski definition) is 3. The molecule has 3 rings (SSSR count). The minimum atomic E-state index is 0.441. The Labute approximate surface area is 129 Å². The Balaban J connectivity index is 1.50. The van der Waals surface area contributed by atoms with Crippen molar-refractivity contribution in [3.8, 4) is 0 Å². The Morgan fingerprint density at radius 1 is 1.25 bits per heavy atom. The van der Waals surface area contributed by atoms with Crippen LogP contribution in [0.3, 0.4) is 0 Å². The first-order valence-corrected chi connectivity index (χ1v) is 7.81. The van der Waals surface area contributed by atoms with Gasteiger partial charge in [0.15, 0.2) is 5.11 Å². The monoisotopic (exact) mass is 310 g/mol. The number of rotatable bonds is 2. The van der Waals surface area contributed by atoms with Crippen LogP contribution in [0, 0.1) is 5.92 Å². The van der Waals surface area contributed by atoms with Gasteiger partial charge in [0.25, 0.3) is 0 Å². The maximum atomic E-state index is 5.87. The topological polar surface area (TPSA) is 48.1 Å². The predicted octanol–water partition coefficient (Wildman–Crippen LogP) is 2.27. The van der Waals surface area contributed by atoms with Crippen LogP contribution in [0.5, 0.6) is 0 Å². The van der Waals surface area contributed by atoms with Gasteiger partial charge in [-0.15, -0.1) is 0 Å². The zero-order chi connectivity index (χ0) is 13.9. The Kier molecular flexibility index (Phi) is 4.41. The van der Waals surface area contributed by atoms with Crippen molar-refractivity contribution < 1.29 is 0 Å². The average molecular weight is 311 g/mol. The molecule has 0 bridgehead atoms. The van der Waals surface area contributed by atoms with E-state index in [1.165, 1.54) is 12.8 Å². The van der Waals surface area contributed by atoms with Crippen LogP contribution in [0.2, 0.25) is 5.02 Å². The summed E-state index contributed by atoms with van der Waals surface area (Å²) in [4.78, 5) is 0. The summed E-state index contributed by atoms with van der Waals surface area (Å²) in [5, 5.41) is 8.03. The number of nitrogens with one attached hydrogen (secondary N) is 4. The minimum Gasteiger partial charge on any atom is -0.360 e. The van der Waals surface area contributed by atoms with E-state index in [4.69, 9.17) is 23.8 Å². The highest BCUT2D eigenvalue weighted by molar-refractivity contribution is 7.80. The van der Waals surface area contributed by atoms with E-state index < -0.39 is 0 Å².